The fourth-order valence-electron chi connectivity index (χ4n) is 2.94. The molecule has 0 radical (unpaired) electrons. The minimum absolute atomic E-state index is 0.0306. The van der Waals surface area contributed by atoms with Gasteiger partial charge in [0.2, 0.25) is 5.91 Å². The number of nitrogens with zero attached hydrogens (tertiary/aromatic N) is 2. The van der Waals surface area contributed by atoms with E-state index in [1.54, 1.807) is 18.2 Å². The van der Waals surface area contributed by atoms with Crippen molar-refractivity contribution < 1.29 is 22.7 Å². The zero-order valence-electron chi connectivity index (χ0n) is 14.1. The molecule has 140 valence electrons. The van der Waals surface area contributed by atoms with Gasteiger partial charge in [0, 0.05) is 18.5 Å². The molecule has 2 aliphatic heterocycles. The molecule has 26 heavy (non-hydrogen) atoms. The first kappa shape index (κ1) is 18.7. The number of carbonyl (C=O) groups excluding carboxylic acids is 2. The minimum Gasteiger partial charge on any atom is -0.495 e. The average molecular weight is 400 g/mol. The second-order valence-corrected chi connectivity index (χ2v) is 8.78. The fraction of sp³-hybridized carbons (Fsp3) is 0.438. The van der Waals surface area contributed by atoms with E-state index in [1.165, 1.54) is 7.11 Å². The zero-order chi connectivity index (χ0) is 18.9. The molecule has 2 aliphatic rings. The van der Waals surface area contributed by atoms with Gasteiger partial charge in [0.1, 0.15) is 11.5 Å². The monoisotopic (exact) mass is 399 g/mol. The molecule has 1 N–H and O–H groups in total. The van der Waals surface area contributed by atoms with Crippen molar-refractivity contribution in [1.29, 1.82) is 0 Å². The van der Waals surface area contributed by atoms with Crippen LogP contribution in [0.4, 0.5) is 5.69 Å². The summed E-state index contributed by atoms with van der Waals surface area (Å²) in [4.78, 5) is 24.6. The van der Waals surface area contributed by atoms with Crippen LogP contribution in [0, 0.1) is 0 Å². The van der Waals surface area contributed by atoms with Crippen molar-refractivity contribution >= 4 is 44.7 Å². The molecular formula is C16H18ClN3O5S. The van der Waals surface area contributed by atoms with Crippen molar-refractivity contribution in [3.8, 4) is 5.75 Å². The third-order valence-corrected chi connectivity index (χ3v) is 6.33. The molecule has 8 nitrogen and oxygen atoms in total. The van der Waals surface area contributed by atoms with Crippen molar-refractivity contribution in [2.24, 2.45) is 5.10 Å². The van der Waals surface area contributed by atoms with Gasteiger partial charge in [-0.1, -0.05) is 11.6 Å². The van der Waals surface area contributed by atoms with E-state index in [0.29, 0.717) is 22.9 Å². The van der Waals surface area contributed by atoms with Crippen LogP contribution in [0.5, 0.6) is 5.75 Å². The predicted octanol–water partition coefficient (Wildman–Crippen LogP) is 1.45. The van der Waals surface area contributed by atoms with E-state index in [0.717, 1.165) is 5.01 Å². The highest BCUT2D eigenvalue weighted by Crippen LogP contribution is 2.27. The predicted molar refractivity (Wildman–Crippen MR) is 97.2 cm³/mol. The van der Waals surface area contributed by atoms with Crippen molar-refractivity contribution in [3.05, 3.63) is 23.2 Å². The molecule has 0 spiro atoms. The molecule has 1 fully saturated rings. The summed E-state index contributed by atoms with van der Waals surface area (Å²) in [5.74, 6) is -0.326. The number of halogens is 1. The number of carbonyl (C=O) groups is 2. The fourth-order valence-corrected chi connectivity index (χ4v) is 4.89. The largest absolute Gasteiger partial charge is 0.495 e. The SMILES string of the molecule is COc1ccc(NC(=O)C2=NN([C@H]3CCS(=O)(=O)C3)C(=O)CC2)cc1Cl. The maximum Gasteiger partial charge on any atom is 0.271 e. The number of nitrogens with one attached hydrogen (secondary N) is 1. The Hall–Kier alpha value is -2.13. The summed E-state index contributed by atoms with van der Waals surface area (Å²) in [6.07, 6.45) is 0.650. The Morgan fingerprint density at radius 2 is 2.15 bits per heavy atom. The molecule has 3 rings (SSSR count). The lowest BCUT2D eigenvalue weighted by atomic mass is 10.1. The van der Waals surface area contributed by atoms with Gasteiger partial charge in [0.15, 0.2) is 9.84 Å². The maximum atomic E-state index is 12.5. The van der Waals surface area contributed by atoms with Crippen LogP contribution >= 0.6 is 11.6 Å². The van der Waals surface area contributed by atoms with Gasteiger partial charge >= 0.3 is 0 Å². The average Bonchev–Trinajstić information content (AvgIpc) is 2.95. The molecule has 0 bridgehead atoms. The van der Waals surface area contributed by atoms with Gasteiger partial charge in [0.05, 0.1) is 29.7 Å². The molecule has 0 unspecified atom stereocenters. The van der Waals surface area contributed by atoms with Crippen LogP contribution < -0.4 is 10.1 Å². The van der Waals surface area contributed by atoms with Gasteiger partial charge < -0.3 is 10.1 Å². The van der Waals surface area contributed by atoms with Crippen LogP contribution in [0.2, 0.25) is 5.02 Å². The lowest BCUT2D eigenvalue weighted by Gasteiger charge is -2.27. The number of ether oxygens (including phenoxy) is 1. The summed E-state index contributed by atoms with van der Waals surface area (Å²) in [5.41, 5.74) is 0.649. The number of methoxy groups -OCH3 is 1. The van der Waals surface area contributed by atoms with Gasteiger partial charge in [-0.05, 0) is 24.6 Å². The Morgan fingerprint density at radius 3 is 2.77 bits per heavy atom. The minimum atomic E-state index is -3.16. The van der Waals surface area contributed by atoms with Gasteiger partial charge in [-0.15, -0.1) is 0 Å². The lowest BCUT2D eigenvalue weighted by molar-refractivity contribution is -0.133. The number of anilines is 1. The normalized spacial score (nSPS) is 22.1. The summed E-state index contributed by atoms with van der Waals surface area (Å²) < 4.78 is 28.3. The highest BCUT2D eigenvalue weighted by atomic mass is 35.5. The first-order chi connectivity index (χ1) is 12.3. The molecule has 2 amide bonds. The molecular weight excluding hydrogens is 382 g/mol. The van der Waals surface area contributed by atoms with E-state index < -0.39 is 21.8 Å². The molecule has 1 atom stereocenters. The molecule has 1 saturated heterocycles. The highest BCUT2D eigenvalue weighted by molar-refractivity contribution is 7.91. The quantitative estimate of drug-likeness (QED) is 0.825. The molecule has 1 aromatic carbocycles. The summed E-state index contributed by atoms with van der Waals surface area (Å²) in [6, 6.07) is 4.30. The molecule has 0 aromatic heterocycles. The van der Waals surface area contributed by atoms with Crippen molar-refractivity contribution in [1.82, 2.24) is 5.01 Å². The highest BCUT2D eigenvalue weighted by Gasteiger charge is 2.37. The van der Waals surface area contributed by atoms with E-state index in [-0.39, 0.29) is 36.0 Å². The van der Waals surface area contributed by atoms with E-state index >= 15 is 0 Å². The first-order valence-electron chi connectivity index (χ1n) is 8.04. The van der Waals surface area contributed by atoms with Gasteiger partial charge in [-0.25, -0.2) is 13.4 Å². The van der Waals surface area contributed by atoms with Crippen molar-refractivity contribution in [3.63, 3.8) is 0 Å². The Labute approximate surface area is 156 Å². The summed E-state index contributed by atoms with van der Waals surface area (Å²) in [7, 11) is -1.67. The molecule has 0 saturated carbocycles. The standard InChI is InChI=1S/C16H18ClN3O5S/c1-25-14-4-2-10(8-12(14)17)18-16(22)13-3-5-15(21)20(19-13)11-6-7-26(23,24)9-11/h2,4,8,11H,3,5-7,9H2,1H3,(H,18,22)/t11-/m0/s1. The van der Waals surface area contributed by atoms with E-state index in [4.69, 9.17) is 16.3 Å². The Balaban J connectivity index is 1.75. The summed E-state index contributed by atoms with van der Waals surface area (Å²) in [5, 5.41) is 8.32. The zero-order valence-corrected chi connectivity index (χ0v) is 15.6. The van der Waals surface area contributed by atoms with Crippen LogP contribution in [0.25, 0.3) is 0 Å². The lowest BCUT2D eigenvalue weighted by Crippen LogP contribution is -2.42. The maximum absolute atomic E-state index is 12.5. The Morgan fingerprint density at radius 1 is 1.38 bits per heavy atom. The summed E-state index contributed by atoms with van der Waals surface area (Å²) in [6.45, 7) is 0. The number of hydrogen-bond acceptors (Lipinski definition) is 6. The second kappa shape index (κ2) is 7.24. The van der Waals surface area contributed by atoms with Crippen LogP contribution in [0.3, 0.4) is 0 Å². The molecule has 1 aromatic rings. The number of sulfone groups is 1. The molecule has 2 heterocycles. The van der Waals surface area contributed by atoms with Crippen molar-refractivity contribution in [2.75, 3.05) is 23.9 Å². The van der Waals surface area contributed by atoms with E-state index in [2.05, 4.69) is 10.4 Å². The van der Waals surface area contributed by atoms with Crippen LogP contribution in [0.15, 0.2) is 23.3 Å². The third-order valence-electron chi connectivity index (χ3n) is 4.29. The molecule has 0 aliphatic carbocycles. The van der Waals surface area contributed by atoms with Crippen LogP contribution in [-0.2, 0) is 19.4 Å². The topological polar surface area (TPSA) is 105 Å². The van der Waals surface area contributed by atoms with Crippen LogP contribution in [0.1, 0.15) is 19.3 Å². The smallest absolute Gasteiger partial charge is 0.271 e. The summed E-state index contributed by atoms with van der Waals surface area (Å²) >= 11 is 6.04. The third kappa shape index (κ3) is 3.99. The second-order valence-electron chi connectivity index (χ2n) is 6.15. The van der Waals surface area contributed by atoms with Crippen molar-refractivity contribution in [2.45, 2.75) is 25.3 Å². The number of hydrazone groups is 1. The van der Waals surface area contributed by atoms with E-state index in [1.807, 2.05) is 0 Å². The van der Waals surface area contributed by atoms with Gasteiger partial charge in [-0.2, -0.15) is 5.10 Å². The number of rotatable bonds is 4. The van der Waals surface area contributed by atoms with Gasteiger partial charge in [-0.3, -0.25) is 9.59 Å². The first-order valence-corrected chi connectivity index (χ1v) is 10.2. The van der Waals surface area contributed by atoms with Crippen LogP contribution in [-0.4, -0.2) is 55.6 Å². The number of amides is 2. The van der Waals surface area contributed by atoms with E-state index in [9.17, 15) is 18.0 Å². The molecule has 10 heteroatoms. The Kier molecular flexibility index (Phi) is 5.19. The Bertz CT molecular complexity index is 884. The number of hydrogen-bond donors (Lipinski definition) is 1. The number of benzene rings is 1. The van der Waals surface area contributed by atoms with Gasteiger partial charge in [0.25, 0.3) is 5.91 Å².